The van der Waals surface area contributed by atoms with E-state index in [0.717, 1.165) is 26.1 Å². The predicted molar refractivity (Wildman–Crippen MR) is 109 cm³/mol. The number of hydrogen-bond acceptors (Lipinski definition) is 6. The molecule has 160 valence electrons. The van der Waals surface area contributed by atoms with Gasteiger partial charge in [-0.2, -0.15) is 0 Å². The average molecular weight is 415 g/mol. The zero-order chi connectivity index (χ0) is 21.7. The first-order chi connectivity index (χ1) is 14.4. The molecule has 0 atom stereocenters. The maximum Gasteiger partial charge on any atom is 0.338 e. The highest BCUT2D eigenvalue weighted by molar-refractivity contribution is 6.14. The molecule has 0 aromatic heterocycles. The van der Waals surface area contributed by atoms with E-state index in [2.05, 4.69) is 10.4 Å². The number of amides is 1. The molecule has 0 radical (unpaired) electrons. The molecule has 0 unspecified atom stereocenters. The number of carbonyl (C=O) groups excluding carboxylic acids is 1. The van der Waals surface area contributed by atoms with Gasteiger partial charge in [0.25, 0.3) is 0 Å². The van der Waals surface area contributed by atoms with Gasteiger partial charge in [0.15, 0.2) is 0 Å². The number of nitrogens with one attached hydrogen (secondary N) is 1. The van der Waals surface area contributed by atoms with Gasteiger partial charge in [0.1, 0.15) is 0 Å². The van der Waals surface area contributed by atoms with Crippen molar-refractivity contribution >= 4 is 23.5 Å². The Morgan fingerprint density at radius 3 is 2.10 bits per heavy atom. The first-order valence-corrected chi connectivity index (χ1v) is 9.82. The third kappa shape index (κ3) is 4.87. The number of nitrogens with zero attached hydrogens (tertiary/aromatic N) is 1. The first kappa shape index (κ1) is 21.5. The smallest absolute Gasteiger partial charge is 0.338 e. The number of nitrogens with two attached hydrogens (primary N) is 1. The quantitative estimate of drug-likeness (QED) is 0.359. The summed E-state index contributed by atoms with van der Waals surface area (Å²) in [4.78, 5) is 42.8. The van der Waals surface area contributed by atoms with Crippen LogP contribution in [-0.2, 0) is 16.1 Å². The van der Waals surface area contributed by atoms with E-state index in [9.17, 15) is 24.6 Å². The third-order valence-electron chi connectivity index (χ3n) is 5.19. The molecule has 0 spiro atoms. The number of aromatic carboxylic acids is 2. The second-order valence-electron chi connectivity index (χ2n) is 7.30. The number of anilines is 1. The topological polar surface area (TPSA) is 142 Å². The summed E-state index contributed by atoms with van der Waals surface area (Å²) in [5, 5.41) is 18.8. The van der Waals surface area contributed by atoms with Crippen LogP contribution in [0.5, 0.6) is 0 Å². The van der Waals surface area contributed by atoms with Gasteiger partial charge in [-0.1, -0.05) is 24.3 Å². The summed E-state index contributed by atoms with van der Waals surface area (Å²) in [6.07, 6.45) is 3.30. The Bertz CT molecular complexity index is 872. The molecule has 1 amide bonds. The van der Waals surface area contributed by atoms with Crippen LogP contribution in [0.2, 0.25) is 0 Å². The van der Waals surface area contributed by atoms with Gasteiger partial charge in [-0.15, -0.1) is 0 Å². The molecule has 3 aliphatic rings. The van der Waals surface area contributed by atoms with E-state index in [1.165, 1.54) is 25.0 Å². The summed E-state index contributed by atoms with van der Waals surface area (Å²) in [5.41, 5.74) is 8.37. The van der Waals surface area contributed by atoms with Crippen LogP contribution in [0.4, 0.5) is 5.69 Å². The Morgan fingerprint density at radius 2 is 1.57 bits per heavy atom. The Labute approximate surface area is 173 Å². The standard InChI is InChI=1S/C21H25N3O6/c22-19-17(20(26)27)14-6-4-13(5-7-15(14)18(19)21(28)29)12-16(25)23-30-11-3-10-24-8-1-2-9-24/h4-7H,1-3,8-12,22H2,(H,23,25)(H,26,27)(H,28,29). The summed E-state index contributed by atoms with van der Waals surface area (Å²) in [7, 11) is 0. The Balaban J connectivity index is 1.62. The molecule has 1 saturated heterocycles. The predicted octanol–water partition coefficient (Wildman–Crippen LogP) is 1.85. The summed E-state index contributed by atoms with van der Waals surface area (Å²) in [5.74, 6) is -2.96. The van der Waals surface area contributed by atoms with Crippen LogP contribution in [0.25, 0.3) is 11.1 Å². The van der Waals surface area contributed by atoms with Gasteiger partial charge in [0.05, 0.1) is 29.8 Å². The molecule has 1 aliphatic heterocycles. The number of nitrogen functional groups attached to an aromatic ring is 1. The molecule has 2 aliphatic carbocycles. The first-order valence-electron chi connectivity index (χ1n) is 9.82. The highest BCUT2D eigenvalue weighted by Gasteiger charge is 2.28. The normalized spacial score (nSPS) is 14.1. The average Bonchev–Trinajstić information content (AvgIpc) is 3.24. The van der Waals surface area contributed by atoms with Gasteiger partial charge < -0.3 is 20.8 Å². The molecule has 1 heterocycles. The minimum Gasteiger partial charge on any atom is -0.478 e. The Kier molecular flexibility index (Phi) is 6.86. The second-order valence-corrected chi connectivity index (χ2v) is 7.30. The number of hydroxylamine groups is 1. The van der Waals surface area contributed by atoms with Crippen LogP contribution in [0.3, 0.4) is 0 Å². The van der Waals surface area contributed by atoms with Gasteiger partial charge in [-0.05, 0) is 49.0 Å². The zero-order valence-electron chi connectivity index (χ0n) is 16.5. The molecule has 0 bridgehead atoms. The maximum absolute atomic E-state index is 12.1. The highest BCUT2D eigenvalue weighted by atomic mass is 16.6. The van der Waals surface area contributed by atoms with E-state index in [4.69, 9.17) is 10.6 Å². The summed E-state index contributed by atoms with van der Waals surface area (Å²) >= 11 is 0. The fraction of sp³-hybridized carbons (Fsp3) is 0.381. The molecule has 9 heteroatoms. The van der Waals surface area contributed by atoms with Crippen LogP contribution in [0, 0.1) is 0 Å². The maximum atomic E-state index is 12.1. The third-order valence-corrected chi connectivity index (χ3v) is 5.19. The van der Waals surface area contributed by atoms with E-state index in [-0.39, 0.29) is 40.3 Å². The lowest BCUT2D eigenvalue weighted by Crippen LogP contribution is -2.27. The van der Waals surface area contributed by atoms with Crippen molar-refractivity contribution in [3.63, 3.8) is 0 Å². The molecule has 1 fully saturated rings. The minimum absolute atomic E-state index is 0.00366. The monoisotopic (exact) mass is 415 g/mol. The van der Waals surface area contributed by atoms with Gasteiger partial charge in [-0.25, -0.2) is 15.1 Å². The molecule has 0 saturated carbocycles. The molecule has 30 heavy (non-hydrogen) atoms. The second kappa shape index (κ2) is 9.55. The van der Waals surface area contributed by atoms with Crippen LogP contribution in [0.1, 0.15) is 45.5 Å². The molecule has 0 aromatic rings. The highest BCUT2D eigenvalue weighted by Crippen LogP contribution is 2.38. The van der Waals surface area contributed by atoms with Crippen molar-refractivity contribution in [2.24, 2.45) is 0 Å². The van der Waals surface area contributed by atoms with Crippen molar-refractivity contribution in [2.75, 3.05) is 32.0 Å². The van der Waals surface area contributed by atoms with E-state index >= 15 is 0 Å². The number of rotatable bonds is 9. The number of carboxylic acids is 2. The lowest BCUT2D eigenvalue weighted by Gasteiger charge is -2.13. The summed E-state index contributed by atoms with van der Waals surface area (Å²) < 4.78 is 0. The van der Waals surface area contributed by atoms with E-state index in [0.29, 0.717) is 12.2 Å². The number of carboxylic acid groups (broad SMARTS) is 2. The van der Waals surface area contributed by atoms with Crippen LogP contribution in [-0.4, -0.2) is 59.2 Å². The van der Waals surface area contributed by atoms with Gasteiger partial charge in [0.2, 0.25) is 5.91 Å². The fourth-order valence-electron chi connectivity index (χ4n) is 3.77. The van der Waals surface area contributed by atoms with Crippen LogP contribution >= 0.6 is 0 Å². The fourth-order valence-corrected chi connectivity index (χ4v) is 3.77. The molecule has 5 N–H and O–H groups in total. The van der Waals surface area contributed by atoms with E-state index < -0.39 is 11.9 Å². The van der Waals surface area contributed by atoms with E-state index in [1.807, 2.05) is 0 Å². The zero-order valence-corrected chi connectivity index (χ0v) is 16.5. The summed E-state index contributed by atoms with van der Waals surface area (Å²) in [6.45, 7) is 3.60. The van der Waals surface area contributed by atoms with Crippen molar-refractivity contribution in [3.05, 3.63) is 41.0 Å². The van der Waals surface area contributed by atoms with Crippen LogP contribution < -0.4 is 11.2 Å². The summed E-state index contributed by atoms with van der Waals surface area (Å²) in [6, 6.07) is 6.10. The Hall–Kier alpha value is -3.17. The lowest BCUT2D eigenvalue weighted by atomic mass is 10.1. The molecule has 3 rings (SSSR count). The van der Waals surface area contributed by atoms with Gasteiger partial charge >= 0.3 is 11.9 Å². The van der Waals surface area contributed by atoms with Crippen molar-refractivity contribution in [1.29, 1.82) is 0 Å². The van der Waals surface area contributed by atoms with Gasteiger partial charge in [0, 0.05) is 6.54 Å². The molecular weight excluding hydrogens is 390 g/mol. The van der Waals surface area contributed by atoms with Crippen molar-refractivity contribution in [3.8, 4) is 11.1 Å². The van der Waals surface area contributed by atoms with Crippen molar-refractivity contribution in [1.82, 2.24) is 10.4 Å². The van der Waals surface area contributed by atoms with Crippen molar-refractivity contribution < 1.29 is 29.4 Å². The largest absolute Gasteiger partial charge is 0.478 e. The number of likely N-dealkylation sites (tertiary alicyclic amines) is 1. The molecule has 9 nitrogen and oxygen atoms in total. The number of carbonyl (C=O) groups is 3. The SMILES string of the molecule is Nc1c(C(=O)O)c2ccc(CC(=O)NOCCCN3CCCC3)ccc-2c1C(=O)O. The lowest BCUT2D eigenvalue weighted by molar-refractivity contribution is -0.133. The molecular formula is C21H25N3O6. The minimum atomic E-state index is -1.31. The Morgan fingerprint density at radius 1 is 1.00 bits per heavy atom. The number of fused-ring (bicyclic) bond motifs is 1. The number of hydrogen-bond donors (Lipinski definition) is 4. The van der Waals surface area contributed by atoms with Crippen LogP contribution in [0.15, 0.2) is 24.3 Å². The molecule has 0 aromatic carbocycles. The van der Waals surface area contributed by atoms with Crippen molar-refractivity contribution in [2.45, 2.75) is 25.7 Å². The van der Waals surface area contributed by atoms with Gasteiger partial charge in [-0.3, -0.25) is 9.63 Å². The van der Waals surface area contributed by atoms with E-state index in [1.54, 1.807) is 12.1 Å².